The highest BCUT2D eigenvalue weighted by Crippen LogP contribution is 2.45. The first-order valence-electron chi connectivity index (χ1n) is 11.4. The van der Waals surface area contributed by atoms with Gasteiger partial charge in [-0.15, -0.1) is 11.3 Å². The molecule has 0 aliphatic carbocycles. The van der Waals surface area contributed by atoms with E-state index in [-0.39, 0.29) is 18.2 Å². The SMILES string of the molecule is COC(=O)c1ccc(-c2c(NC(=O)Cc3cccs3)ccc3c2C(=Cc2[nH]ccc2OC)C(=O)N3)cc1. The van der Waals surface area contributed by atoms with Gasteiger partial charge in [-0.1, -0.05) is 18.2 Å². The van der Waals surface area contributed by atoms with Gasteiger partial charge in [0.1, 0.15) is 5.75 Å². The Morgan fingerprint density at radius 1 is 1.03 bits per heavy atom. The highest BCUT2D eigenvalue weighted by atomic mass is 32.1. The molecule has 1 aliphatic heterocycles. The van der Waals surface area contributed by atoms with Gasteiger partial charge in [0, 0.05) is 33.6 Å². The van der Waals surface area contributed by atoms with Crippen LogP contribution in [0.1, 0.15) is 26.5 Å². The Morgan fingerprint density at radius 3 is 2.54 bits per heavy atom. The minimum atomic E-state index is -0.453. The Morgan fingerprint density at radius 2 is 1.84 bits per heavy atom. The number of fused-ring (bicyclic) bond motifs is 1. The molecule has 8 nitrogen and oxygen atoms in total. The van der Waals surface area contributed by atoms with Crippen LogP contribution in [0, 0.1) is 0 Å². The van der Waals surface area contributed by atoms with Crippen molar-refractivity contribution in [2.24, 2.45) is 0 Å². The number of aromatic nitrogens is 1. The fourth-order valence-corrected chi connectivity index (χ4v) is 4.99. The van der Waals surface area contributed by atoms with E-state index in [0.717, 1.165) is 10.4 Å². The normalized spacial score (nSPS) is 13.2. The quantitative estimate of drug-likeness (QED) is 0.232. The molecule has 0 saturated heterocycles. The molecule has 3 N–H and O–H groups in total. The van der Waals surface area contributed by atoms with Crippen LogP contribution in [0.15, 0.2) is 66.2 Å². The number of ether oxygens (including phenoxy) is 2. The molecule has 3 heterocycles. The van der Waals surface area contributed by atoms with Crippen LogP contribution in [0.5, 0.6) is 5.75 Å². The zero-order valence-electron chi connectivity index (χ0n) is 20.1. The first-order valence-corrected chi connectivity index (χ1v) is 12.3. The second kappa shape index (κ2) is 10.2. The largest absolute Gasteiger partial charge is 0.495 e. The molecular weight excluding hydrogens is 490 g/mol. The first kappa shape index (κ1) is 24.1. The molecule has 0 bridgehead atoms. The van der Waals surface area contributed by atoms with E-state index >= 15 is 0 Å². The second-order valence-corrected chi connectivity index (χ2v) is 9.29. The summed E-state index contributed by atoms with van der Waals surface area (Å²) in [7, 11) is 2.88. The Kier molecular flexibility index (Phi) is 6.61. The van der Waals surface area contributed by atoms with Crippen LogP contribution in [-0.4, -0.2) is 37.0 Å². The summed E-state index contributed by atoms with van der Waals surface area (Å²) in [4.78, 5) is 42.1. The minimum Gasteiger partial charge on any atom is -0.495 e. The molecule has 2 amide bonds. The second-order valence-electron chi connectivity index (χ2n) is 8.26. The highest BCUT2D eigenvalue weighted by molar-refractivity contribution is 7.10. The number of esters is 1. The molecule has 5 rings (SSSR count). The Hall–Kier alpha value is -4.63. The maximum absolute atomic E-state index is 13.1. The van der Waals surface area contributed by atoms with E-state index in [1.807, 2.05) is 17.5 Å². The average Bonchev–Trinajstić information content (AvgIpc) is 3.65. The van der Waals surface area contributed by atoms with Crippen LogP contribution in [0.25, 0.3) is 22.8 Å². The lowest BCUT2D eigenvalue weighted by molar-refractivity contribution is -0.115. The van der Waals surface area contributed by atoms with Gasteiger partial charge < -0.3 is 25.1 Å². The molecule has 0 fully saturated rings. The van der Waals surface area contributed by atoms with Gasteiger partial charge >= 0.3 is 5.97 Å². The van der Waals surface area contributed by atoms with Gasteiger partial charge in [-0.05, 0) is 53.4 Å². The zero-order chi connectivity index (χ0) is 25.9. The standard InChI is InChI=1S/C28H23N3O5S/c1-35-23-11-12-29-22(23)15-19-26-21(31-27(19)33)10-9-20(30-24(32)14-18-4-3-13-37-18)25(26)16-5-7-17(8-6-16)28(34)36-2/h3-13,15,29H,14H2,1-2H3,(H,30,32)(H,31,33). The fraction of sp³-hybridized carbons (Fsp3) is 0.107. The highest BCUT2D eigenvalue weighted by Gasteiger charge is 2.30. The predicted octanol–water partition coefficient (Wildman–Crippen LogP) is 5.21. The lowest BCUT2D eigenvalue weighted by atomic mass is 9.92. The number of H-pyrrole nitrogens is 1. The summed E-state index contributed by atoms with van der Waals surface area (Å²) in [5.41, 5.74) is 4.62. The summed E-state index contributed by atoms with van der Waals surface area (Å²) >= 11 is 1.51. The number of carbonyl (C=O) groups excluding carboxylic acids is 3. The van der Waals surface area contributed by atoms with Gasteiger partial charge in [-0.2, -0.15) is 0 Å². The summed E-state index contributed by atoms with van der Waals surface area (Å²) in [6.45, 7) is 0. The van der Waals surface area contributed by atoms with Crippen LogP contribution >= 0.6 is 11.3 Å². The van der Waals surface area contributed by atoms with Crippen LogP contribution in [0.2, 0.25) is 0 Å². The van der Waals surface area contributed by atoms with Gasteiger partial charge in [0.2, 0.25) is 5.91 Å². The average molecular weight is 514 g/mol. The van der Waals surface area contributed by atoms with E-state index in [1.54, 1.807) is 61.8 Å². The molecule has 9 heteroatoms. The summed E-state index contributed by atoms with van der Waals surface area (Å²) in [6, 6.07) is 16.0. The number of methoxy groups -OCH3 is 2. The number of thiophene rings is 1. The number of aromatic amines is 1. The molecule has 0 saturated carbocycles. The van der Waals surface area contributed by atoms with E-state index in [4.69, 9.17) is 9.47 Å². The number of anilines is 2. The monoisotopic (exact) mass is 513 g/mol. The third-order valence-electron chi connectivity index (χ3n) is 6.00. The summed E-state index contributed by atoms with van der Waals surface area (Å²) in [5.74, 6) is -0.312. The van der Waals surface area contributed by atoms with Crippen molar-refractivity contribution in [3.05, 3.63) is 87.9 Å². The molecule has 0 radical (unpaired) electrons. The third-order valence-corrected chi connectivity index (χ3v) is 6.88. The number of carbonyl (C=O) groups is 3. The van der Waals surface area contributed by atoms with Crippen molar-refractivity contribution in [1.29, 1.82) is 0 Å². The summed E-state index contributed by atoms with van der Waals surface area (Å²) in [6.07, 6.45) is 3.69. The van der Waals surface area contributed by atoms with Crippen molar-refractivity contribution in [3.63, 3.8) is 0 Å². The van der Waals surface area contributed by atoms with Gasteiger partial charge in [-0.25, -0.2) is 4.79 Å². The number of hydrogen-bond donors (Lipinski definition) is 3. The number of benzene rings is 2. The van der Waals surface area contributed by atoms with E-state index in [2.05, 4.69) is 15.6 Å². The summed E-state index contributed by atoms with van der Waals surface area (Å²) in [5, 5.41) is 7.86. The van der Waals surface area contributed by atoms with Crippen LogP contribution in [-0.2, 0) is 20.7 Å². The number of amides is 2. The first-order chi connectivity index (χ1) is 18.0. The molecule has 37 heavy (non-hydrogen) atoms. The topological polar surface area (TPSA) is 110 Å². The molecule has 186 valence electrons. The smallest absolute Gasteiger partial charge is 0.337 e. The molecule has 0 unspecified atom stereocenters. The minimum absolute atomic E-state index is 0.177. The molecular formula is C28H23N3O5S. The van der Waals surface area contributed by atoms with Gasteiger partial charge in [0.05, 0.1) is 37.5 Å². The van der Waals surface area contributed by atoms with Crippen molar-refractivity contribution in [2.75, 3.05) is 24.9 Å². The van der Waals surface area contributed by atoms with E-state index in [0.29, 0.717) is 45.1 Å². The third kappa shape index (κ3) is 4.76. The van der Waals surface area contributed by atoms with Crippen LogP contribution in [0.3, 0.4) is 0 Å². The molecule has 2 aromatic carbocycles. The zero-order valence-corrected chi connectivity index (χ0v) is 20.9. The number of nitrogens with one attached hydrogen (secondary N) is 3. The maximum atomic E-state index is 13.1. The van der Waals surface area contributed by atoms with Gasteiger partial charge in [0.25, 0.3) is 5.91 Å². The van der Waals surface area contributed by atoms with Crippen LogP contribution < -0.4 is 15.4 Å². The van der Waals surface area contributed by atoms with E-state index in [1.165, 1.54) is 18.4 Å². The van der Waals surface area contributed by atoms with Crippen molar-refractivity contribution < 1.29 is 23.9 Å². The molecule has 4 aromatic rings. The van der Waals surface area contributed by atoms with Gasteiger partial charge in [-0.3, -0.25) is 9.59 Å². The Labute approximate surface area is 216 Å². The molecule has 0 spiro atoms. The summed E-state index contributed by atoms with van der Waals surface area (Å²) < 4.78 is 10.2. The number of rotatable bonds is 7. The number of hydrogen-bond acceptors (Lipinski definition) is 6. The maximum Gasteiger partial charge on any atom is 0.337 e. The molecule has 1 aliphatic rings. The van der Waals surface area contributed by atoms with Crippen molar-refractivity contribution in [1.82, 2.24) is 4.98 Å². The lowest BCUT2D eigenvalue weighted by Gasteiger charge is -2.16. The van der Waals surface area contributed by atoms with Crippen molar-refractivity contribution in [3.8, 4) is 16.9 Å². The van der Waals surface area contributed by atoms with Crippen molar-refractivity contribution in [2.45, 2.75) is 6.42 Å². The molecule has 0 atom stereocenters. The van der Waals surface area contributed by atoms with E-state index < -0.39 is 5.97 Å². The van der Waals surface area contributed by atoms with E-state index in [9.17, 15) is 14.4 Å². The Bertz CT molecular complexity index is 1520. The van der Waals surface area contributed by atoms with Crippen molar-refractivity contribution >= 4 is 52.1 Å². The van der Waals surface area contributed by atoms with Gasteiger partial charge in [0.15, 0.2) is 0 Å². The lowest BCUT2D eigenvalue weighted by Crippen LogP contribution is -2.15. The fourth-order valence-electron chi connectivity index (χ4n) is 4.29. The Balaban J connectivity index is 1.64. The predicted molar refractivity (Wildman–Crippen MR) is 144 cm³/mol. The molecule has 2 aromatic heterocycles. The van der Waals surface area contributed by atoms with Crippen LogP contribution in [0.4, 0.5) is 11.4 Å².